The zero-order chi connectivity index (χ0) is 14.8. The van der Waals surface area contributed by atoms with E-state index in [0.29, 0.717) is 5.92 Å². The molecule has 0 saturated heterocycles. The summed E-state index contributed by atoms with van der Waals surface area (Å²) in [5, 5.41) is 4.20. The Labute approximate surface area is 132 Å². The van der Waals surface area contributed by atoms with Gasteiger partial charge in [0.1, 0.15) is 5.75 Å². The van der Waals surface area contributed by atoms with E-state index in [0.717, 1.165) is 48.2 Å². The fourth-order valence-electron chi connectivity index (χ4n) is 1.82. The highest BCUT2D eigenvalue weighted by Crippen LogP contribution is 2.26. The van der Waals surface area contributed by atoms with Crippen molar-refractivity contribution in [3.63, 3.8) is 0 Å². The van der Waals surface area contributed by atoms with E-state index in [1.54, 1.807) is 0 Å². The van der Waals surface area contributed by atoms with Gasteiger partial charge >= 0.3 is 0 Å². The van der Waals surface area contributed by atoms with Gasteiger partial charge in [-0.2, -0.15) is 11.8 Å². The van der Waals surface area contributed by atoms with E-state index in [4.69, 9.17) is 16.3 Å². The van der Waals surface area contributed by atoms with E-state index in [1.807, 2.05) is 30.0 Å². The summed E-state index contributed by atoms with van der Waals surface area (Å²) < 4.78 is 5.88. The molecule has 1 aromatic rings. The number of ether oxygens (including phenoxy) is 1. The van der Waals surface area contributed by atoms with Crippen LogP contribution < -0.4 is 10.1 Å². The topological polar surface area (TPSA) is 21.3 Å². The van der Waals surface area contributed by atoms with Gasteiger partial charge in [-0.3, -0.25) is 0 Å². The molecule has 0 radical (unpaired) electrons. The minimum atomic E-state index is 0.632. The molecule has 1 aromatic carbocycles. The molecule has 20 heavy (non-hydrogen) atoms. The van der Waals surface area contributed by atoms with E-state index in [1.165, 1.54) is 5.75 Å². The number of thioether (sulfide) groups is 1. The molecule has 0 bridgehead atoms. The SMILES string of the molecule is CCSCCCOc1cccc(Cl)c1CNCC(C)C. The van der Waals surface area contributed by atoms with E-state index < -0.39 is 0 Å². The first-order valence-corrected chi connectivity index (χ1v) is 8.87. The van der Waals surface area contributed by atoms with Crippen molar-refractivity contribution < 1.29 is 4.74 Å². The average Bonchev–Trinajstić information content (AvgIpc) is 2.41. The Kier molecular flexibility index (Phi) is 9.16. The van der Waals surface area contributed by atoms with Gasteiger partial charge in [-0.1, -0.05) is 38.4 Å². The number of nitrogens with one attached hydrogen (secondary N) is 1. The van der Waals surface area contributed by atoms with Crippen LogP contribution in [0.25, 0.3) is 0 Å². The molecule has 0 aliphatic rings. The zero-order valence-electron chi connectivity index (χ0n) is 12.7. The molecule has 4 heteroatoms. The van der Waals surface area contributed by atoms with Crippen LogP contribution in [0.3, 0.4) is 0 Å². The summed E-state index contributed by atoms with van der Waals surface area (Å²) in [6.45, 7) is 9.07. The molecule has 0 unspecified atom stereocenters. The van der Waals surface area contributed by atoms with Gasteiger partial charge in [0.2, 0.25) is 0 Å². The smallest absolute Gasteiger partial charge is 0.125 e. The largest absolute Gasteiger partial charge is 0.493 e. The first-order chi connectivity index (χ1) is 9.65. The van der Waals surface area contributed by atoms with Gasteiger partial charge in [0.05, 0.1) is 6.61 Å². The number of hydrogen-bond donors (Lipinski definition) is 1. The minimum absolute atomic E-state index is 0.632. The van der Waals surface area contributed by atoms with Crippen molar-refractivity contribution in [3.8, 4) is 5.75 Å². The second-order valence-electron chi connectivity index (χ2n) is 5.14. The monoisotopic (exact) mass is 315 g/mol. The Balaban J connectivity index is 2.49. The lowest BCUT2D eigenvalue weighted by molar-refractivity contribution is 0.314. The Bertz CT molecular complexity index is 385. The molecule has 0 fully saturated rings. The van der Waals surface area contributed by atoms with Crippen LogP contribution in [0.5, 0.6) is 5.75 Å². The lowest BCUT2D eigenvalue weighted by atomic mass is 10.1. The third-order valence-corrected chi connectivity index (χ3v) is 4.16. The average molecular weight is 316 g/mol. The summed E-state index contributed by atoms with van der Waals surface area (Å²) in [7, 11) is 0. The molecule has 114 valence electrons. The predicted octanol–water partition coefficient (Wildman–Crippen LogP) is 4.61. The maximum Gasteiger partial charge on any atom is 0.125 e. The van der Waals surface area contributed by atoms with Gasteiger partial charge in [-0.15, -0.1) is 0 Å². The fourth-order valence-corrected chi connectivity index (χ4v) is 2.66. The number of benzene rings is 1. The van der Waals surface area contributed by atoms with Gasteiger partial charge in [-0.25, -0.2) is 0 Å². The molecule has 2 nitrogen and oxygen atoms in total. The quantitative estimate of drug-likeness (QED) is 0.637. The maximum atomic E-state index is 6.28. The van der Waals surface area contributed by atoms with E-state index in [9.17, 15) is 0 Å². The second-order valence-corrected chi connectivity index (χ2v) is 6.94. The first kappa shape index (κ1) is 17.7. The van der Waals surface area contributed by atoms with Crippen LogP contribution in [0.2, 0.25) is 5.02 Å². The summed E-state index contributed by atoms with van der Waals surface area (Å²) >= 11 is 8.23. The van der Waals surface area contributed by atoms with E-state index in [2.05, 4.69) is 26.1 Å². The second kappa shape index (κ2) is 10.4. The lowest BCUT2D eigenvalue weighted by Gasteiger charge is -2.14. The van der Waals surface area contributed by atoms with Crippen molar-refractivity contribution in [3.05, 3.63) is 28.8 Å². The Hall–Kier alpha value is -0.380. The van der Waals surface area contributed by atoms with Crippen LogP contribution in [0.4, 0.5) is 0 Å². The van der Waals surface area contributed by atoms with Crippen molar-refractivity contribution in [2.24, 2.45) is 5.92 Å². The Morgan fingerprint density at radius 3 is 2.85 bits per heavy atom. The highest BCUT2D eigenvalue weighted by atomic mass is 35.5. The summed E-state index contributed by atoms with van der Waals surface area (Å²) in [5.74, 6) is 3.86. The molecule has 0 amide bonds. The van der Waals surface area contributed by atoms with Crippen molar-refractivity contribution in [1.82, 2.24) is 5.32 Å². The van der Waals surface area contributed by atoms with Gasteiger partial charge in [0, 0.05) is 17.1 Å². The Morgan fingerprint density at radius 2 is 2.15 bits per heavy atom. The van der Waals surface area contributed by atoms with Crippen LogP contribution >= 0.6 is 23.4 Å². The van der Waals surface area contributed by atoms with Crippen molar-refractivity contribution in [2.45, 2.75) is 33.7 Å². The summed E-state index contributed by atoms with van der Waals surface area (Å²) in [4.78, 5) is 0. The highest BCUT2D eigenvalue weighted by Gasteiger charge is 2.08. The number of rotatable bonds is 10. The molecule has 0 aliphatic heterocycles. The van der Waals surface area contributed by atoms with Crippen molar-refractivity contribution in [2.75, 3.05) is 24.7 Å². The predicted molar refractivity (Wildman–Crippen MR) is 91.1 cm³/mol. The summed E-state index contributed by atoms with van der Waals surface area (Å²) in [5.41, 5.74) is 1.07. The molecule has 0 heterocycles. The van der Waals surface area contributed by atoms with Crippen LogP contribution in [0, 0.1) is 5.92 Å². The van der Waals surface area contributed by atoms with Crippen LogP contribution in [0.1, 0.15) is 32.8 Å². The van der Waals surface area contributed by atoms with Gasteiger partial charge in [0.25, 0.3) is 0 Å². The molecule has 0 atom stereocenters. The standard InChI is InChI=1S/C16H26ClNOS/c1-4-20-10-6-9-19-16-8-5-7-15(17)14(16)12-18-11-13(2)3/h5,7-8,13,18H,4,6,9-12H2,1-3H3. The molecule has 0 saturated carbocycles. The lowest BCUT2D eigenvalue weighted by Crippen LogP contribution is -2.19. The summed E-state index contributed by atoms with van der Waals surface area (Å²) in [6.07, 6.45) is 1.07. The number of hydrogen-bond acceptors (Lipinski definition) is 3. The summed E-state index contributed by atoms with van der Waals surface area (Å²) in [6, 6.07) is 5.88. The normalized spacial score (nSPS) is 11.1. The minimum Gasteiger partial charge on any atom is -0.493 e. The van der Waals surface area contributed by atoms with Gasteiger partial charge in [-0.05, 0) is 42.5 Å². The third kappa shape index (κ3) is 6.87. The molecule has 0 spiro atoms. The third-order valence-electron chi connectivity index (χ3n) is 2.82. The van der Waals surface area contributed by atoms with Gasteiger partial charge in [0.15, 0.2) is 0 Å². The molecule has 0 aliphatic carbocycles. The van der Waals surface area contributed by atoms with E-state index >= 15 is 0 Å². The molecular formula is C16H26ClNOS. The molecule has 1 rings (SSSR count). The van der Waals surface area contributed by atoms with Crippen molar-refractivity contribution >= 4 is 23.4 Å². The van der Waals surface area contributed by atoms with Crippen LogP contribution in [-0.4, -0.2) is 24.7 Å². The molecule has 0 aromatic heterocycles. The van der Waals surface area contributed by atoms with Crippen LogP contribution in [-0.2, 0) is 6.54 Å². The molecule has 1 N–H and O–H groups in total. The first-order valence-electron chi connectivity index (χ1n) is 7.33. The van der Waals surface area contributed by atoms with E-state index in [-0.39, 0.29) is 0 Å². The maximum absolute atomic E-state index is 6.28. The fraction of sp³-hybridized carbons (Fsp3) is 0.625. The highest BCUT2D eigenvalue weighted by molar-refractivity contribution is 7.99. The van der Waals surface area contributed by atoms with Crippen LogP contribution in [0.15, 0.2) is 18.2 Å². The Morgan fingerprint density at radius 1 is 1.35 bits per heavy atom. The van der Waals surface area contributed by atoms with Crippen molar-refractivity contribution in [1.29, 1.82) is 0 Å². The molecular weight excluding hydrogens is 290 g/mol. The zero-order valence-corrected chi connectivity index (χ0v) is 14.3. The number of halogens is 1. The van der Waals surface area contributed by atoms with Gasteiger partial charge < -0.3 is 10.1 Å².